The number of hydrogen-bond acceptors (Lipinski definition) is 3. The Hall–Kier alpha value is -0.580. The highest BCUT2D eigenvalue weighted by atomic mass is 16.5. The molecule has 0 saturated carbocycles. The SMILES string of the molecule is C=C(O)C[N+](C)(CCO)CCOC(C)C. The van der Waals surface area contributed by atoms with Crippen LogP contribution in [-0.4, -0.2) is 60.7 Å². The molecular weight excluding hydrogens is 194 g/mol. The van der Waals surface area contributed by atoms with Crippen molar-refractivity contribution in [3.05, 3.63) is 12.3 Å². The Labute approximate surface area is 92.4 Å². The molecule has 0 aromatic rings. The summed E-state index contributed by atoms with van der Waals surface area (Å²) in [4.78, 5) is 0. The van der Waals surface area contributed by atoms with Crippen LogP contribution in [0.3, 0.4) is 0 Å². The highest BCUT2D eigenvalue weighted by Crippen LogP contribution is 2.05. The third kappa shape index (κ3) is 7.36. The summed E-state index contributed by atoms with van der Waals surface area (Å²) < 4.78 is 6.01. The van der Waals surface area contributed by atoms with Gasteiger partial charge < -0.3 is 19.4 Å². The van der Waals surface area contributed by atoms with E-state index in [4.69, 9.17) is 9.84 Å². The standard InChI is InChI=1S/C11H23NO3/c1-10(2)15-8-6-12(4,5-7-13)9-11(3)14/h10,13H,3,5-9H2,1-2,4H3/p+1. The van der Waals surface area contributed by atoms with Crippen molar-refractivity contribution >= 4 is 0 Å². The lowest BCUT2D eigenvalue weighted by molar-refractivity contribution is -0.906. The van der Waals surface area contributed by atoms with Crippen LogP contribution in [0.5, 0.6) is 0 Å². The largest absolute Gasteiger partial charge is 0.507 e. The third-order valence-electron chi connectivity index (χ3n) is 2.29. The second-order valence-corrected chi connectivity index (χ2v) is 4.43. The van der Waals surface area contributed by atoms with Gasteiger partial charge in [-0.3, -0.25) is 0 Å². The van der Waals surface area contributed by atoms with Gasteiger partial charge in [-0.25, -0.2) is 0 Å². The number of aliphatic hydroxyl groups excluding tert-OH is 2. The number of likely N-dealkylation sites (N-methyl/N-ethyl adjacent to an activating group) is 1. The highest BCUT2D eigenvalue weighted by molar-refractivity contribution is 4.78. The lowest BCUT2D eigenvalue weighted by Crippen LogP contribution is -2.49. The van der Waals surface area contributed by atoms with Crippen molar-refractivity contribution in [1.82, 2.24) is 0 Å². The van der Waals surface area contributed by atoms with Gasteiger partial charge in [-0.2, -0.15) is 0 Å². The van der Waals surface area contributed by atoms with Crippen LogP contribution in [0.1, 0.15) is 13.8 Å². The zero-order valence-corrected chi connectivity index (χ0v) is 10.1. The molecule has 0 rings (SSSR count). The van der Waals surface area contributed by atoms with Gasteiger partial charge in [0.2, 0.25) is 0 Å². The summed E-state index contributed by atoms with van der Waals surface area (Å²) in [6.07, 6.45) is 0.213. The van der Waals surface area contributed by atoms with Crippen LogP contribution in [0.25, 0.3) is 0 Å². The van der Waals surface area contributed by atoms with Gasteiger partial charge in [-0.05, 0) is 13.8 Å². The van der Waals surface area contributed by atoms with Crippen LogP contribution in [0.15, 0.2) is 12.3 Å². The summed E-state index contributed by atoms with van der Waals surface area (Å²) in [7, 11) is 1.97. The van der Waals surface area contributed by atoms with Crippen LogP contribution in [0.4, 0.5) is 0 Å². The molecule has 0 aromatic carbocycles. The molecule has 4 heteroatoms. The summed E-state index contributed by atoms with van der Waals surface area (Å²) in [5, 5.41) is 18.1. The number of ether oxygens (including phenoxy) is 1. The van der Waals surface area contributed by atoms with E-state index in [1.165, 1.54) is 0 Å². The van der Waals surface area contributed by atoms with Crippen LogP contribution in [0, 0.1) is 0 Å². The van der Waals surface area contributed by atoms with Crippen molar-refractivity contribution < 1.29 is 19.4 Å². The number of quaternary nitrogens is 1. The monoisotopic (exact) mass is 218 g/mol. The molecule has 0 saturated heterocycles. The Kier molecular flexibility index (Phi) is 6.56. The maximum atomic E-state index is 9.19. The van der Waals surface area contributed by atoms with Gasteiger partial charge in [-0.15, -0.1) is 0 Å². The molecular formula is C11H24NO3+. The Bertz CT molecular complexity index is 194. The van der Waals surface area contributed by atoms with Gasteiger partial charge in [0, 0.05) is 0 Å². The van der Waals surface area contributed by atoms with Crippen molar-refractivity contribution in [1.29, 1.82) is 0 Å². The first-order chi connectivity index (χ1) is 6.89. The molecule has 1 unspecified atom stereocenters. The molecule has 0 amide bonds. The fourth-order valence-corrected chi connectivity index (χ4v) is 1.46. The first-order valence-corrected chi connectivity index (χ1v) is 5.32. The van der Waals surface area contributed by atoms with E-state index >= 15 is 0 Å². The molecule has 0 aliphatic rings. The minimum absolute atomic E-state index is 0.103. The second kappa shape index (κ2) is 6.82. The molecule has 0 aliphatic heterocycles. The lowest BCUT2D eigenvalue weighted by atomic mass is 10.3. The minimum atomic E-state index is 0.103. The van der Waals surface area contributed by atoms with Gasteiger partial charge >= 0.3 is 0 Å². The van der Waals surface area contributed by atoms with Gasteiger partial charge in [0.25, 0.3) is 0 Å². The molecule has 15 heavy (non-hydrogen) atoms. The summed E-state index contributed by atoms with van der Waals surface area (Å²) in [6, 6.07) is 0. The quantitative estimate of drug-likeness (QED) is 0.470. The van der Waals surface area contributed by atoms with Gasteiger partial charge in [0.15, 0.2) is 0 Å². The van der Waals surface area contributed by atoms with Crippen molar-refractivity contribution in [2.75, 3.05) is 39.9 Å². The van der Waals surface area contributed by atoms with E-state index in [2.05, 4.69) is 6.58 Å². The molecule has 0 aliphatic carbocycles. The van der Waals surface area contributed by atoms with E-state index in [0.29, 0.717) is 24.2 Å². The van der Waals surface area contributed by atoms with Crippen LogP contribution < -0.4 is 0 Å². The Morgan fingerprint density at radius 2 is 2.00 bits per heavy atom. The van der Waals surface area contributed by atoms with Gasteiger partial charge in [-0.1, -0.05) is 6.58 Å². The van der Waals surface area contributed by atoms with E-state index in [0.717, 1.165) is 6.54 Å². The first kappa shape index (κ1) is 14.4. The summed E-state index contributed by atoms with van der Waals surface area (Å²) in [5.74, 6) is 0.149. The summed E-state index contributed by atoms with van der Waals surface area (Å²) >= 11 is 0. The molecule has 0 radical (unpaired) electrons. The van der Waals surface area contributed by atoms with Crippen molar-refractivity contribution in [3.8, 4) is 0 Å². The molecule has 0 bridgehead atoms. The Morgan fingerprint density at radius 1 is 1.40 bits per heavy atom. The number of aliphatic hydroxyl groups is 2. The number of hydrogen-bond donors (Lipinski definition) is 2. The van der Waals surface area contributed by atoms with Crippen LogP contribution in [0.2, 0.25) is 0 Å². The molecule has 0 spiro atoms. The maximum absolute atomic E-state index is 9.19. The normalized spacial score (nSPS) is 15.3. The summed E-state index contributed by atoms with van der Waals surface area (Å²) in [5.41, 5.74) is 0. The minimum Gasteiger partial charge on any atom is -0.507 e. The molecule has 90 valence electrons. The van der Waals surface area contributed by atoms with E-state index in [1.807, 2.05) is 20.9 Å². The van der Waals surface area contributed by atoms with Crippen molar-refractivity contribution in [2.45, 2.75) is 20.0 Å². The number of nitrogens with zero attached hydrogens (tertiary/aromatic N) is 1. The lowest BCUT2D eigenvalue weighted by Gasteiger charge is -2.33. The molecule has 1 atom stereocenters. The molecule has 0 heterocycles. The fourth-order valence-electron chi connectivity index (χ4n) is 1.46. The van der Waals surface area contributed by atoms with E-state index < -0.39 is 0 Å². The summed E-state index contributed by atoms with van der Waals surface area (Å²) in [6.45, 7) is 10.0. The predicted octanol–water partition coefficient (Wildman–Crippen LogP) is 0.922. The maximum Gasteiger partial charge on any atom is 0.139 e. The number of rotatable bonds is 8. The molecule has 0 aromatic heterocycles. The highest BCUT2D eigenvalue weighted by Gasteiger charge is 2.21. The zero-order valence-electron chi connectivity index (χ0n) is 10.1. The average Bonchev–Trinajstić information content (AvgIpc) is 2.01. The average molecular weight is 218 g/mol. The Morgan fingerprint density at radius 3 is 2.40 bits per heavy atom. The van der Waals surface area contributed by atoms with Crippen molar-refractivity contribution in [3.63, 3.8) is 0 Å². The van der Waals surface area contributed by atoms with Gasteiger partial charge in [0.1, 0.15) is 25.4 Å². The van der Waals surface area contributed by atoms with Crippen molar-refractivity contribution in [2.24, 2.45) is 0 Å². The van der Waals surface area contributed by atoms with E-state index in [1.54, 1.807) is 0 Å². The van der Waals surface area contributed by atoms with Crippen LogP contribution in [-0.2, 0) is 4.74 Å². The molecule has 4 nitrogen and oxygen atoms in total. The first-order valence-electron chi connectivity index (χ1n) is 5.32. The fraction of sp³-hybridized carbons (Fsp3) is 0.818. The zero-order chi connectivity index (χ0) is 11.9. The smallest absolute Gasteiger partial charge is 0.139 e. The van der Waals surface area contributed by atoms with Gasteiger partial charge in [0.05, 0.1) is 26.4 Å². The third-order valence-corrected chi connectivity index (χ3v) is 2.29. The topological polar surface area (TPSA) is 49.7 Å². The van der Waals surface area contributed by atoms with Crippen LogP contribution >= 0.6 is 0 Å². The molecule has 2 N–H and O–H groups in total. The van der Waals surface area contributed by atoms with E-state index in [9.17, 15) is 5.11 Å². The predicted molar refractivity (Wildman–Crippen MR) is 60.7 cm³/mol. The Balaban J connectivity index is 4.06. The molecule has 0 fully saturated rings. The second-order valence-electron chi connectivity index (χ2n) is 4.43. The van der Waals surface area contributed by atoms with E-state index in [-0.39, 0.29) is 18.5 Å².